The van der Waals surface area contributed by atoms with Crippen LogP contribution in [0.25, 0.3) is 10.9 Å². The van der Waals surface area contributed by atoms with Gasteiger partial charge in [0.15, 0.2) is 0 Å². The van der Waals surface area contributed by atoms with Gasteiger partial charge in [0.1, 0.15) is 0 Å². The SMILES string of the molecule is O=C(NCC(c1cccc(Cl)c1)N1CCCC1)c1ccnc2ccccc12. The summed E-state index contributed by atoms with van der Waals surface area (Å²) >= 11 is 6.21. The number of aromatic nitrogens is 1. The van der Waals surface area contributed by atoms with Crippen LogP contribution < -0.4 is 5.32 Å². The first-order valence-corrected chi connectivity index (χ1v) is 9.71. The molecule has 1 amide bonds. The summed E-state index contributed by atoms with van der Waals surface area (Å²) in [7, 11) is 0. The summed E-state index contributed by atoms with van der Waals surface area (Å²) < 4.78 is 0. The second-order valence-corrected chi connectivity index (χ2v) is 7.34. The summed E-state index contributed by atoms with van der Waals surface area (Å²) in [6, 6.07) is 17.6. The van der Waals surface area contributed by atoms with Crippen molar-refractivity contribution < 1.29 is 4.79 Å². The maximum Gasteiger partial charge on any atom is 0.252 e. The molecule has 0 saturated carbocycles. The fourth-order valence-electron chi connectivity index (χ4n) is 3.80. The predicted octanol–water partition coefficient (Wildman–Crippen LogP) is 4.46. The molecule has 1 N–H and O–H groups in total. The number of likely N-dealkylation sites (tertiary alicyclic amines) is 1. The van der Waals surface area contributed by atoms with Crippen molar-refractivity contribution in [1.82, 2.24) is 15.2 Å². The number of nitrogens with one attached hydrogen (secondary N) is 1. The molecular weight excluding hydrogens is 358 g/mol. The van der Waals surface area contributed by atoms with Crippen LogP contribution in [0.15, 0.2) is 60.8 Å². The lowest BCUT2D eigenvalue weighted by Crippen LogP contribution is -2.36. The number of halogens is 1. The molecule has 138 valence electrons. The van der Waals surface area contributed by atoms with Gasteiger partial charge in [0.2, 0.25) is 0 Å². The zero-order valence-electron chi connectivity index (χ0n) is 15.1. The summed E-state index contributed by atoms with van der Waals surface area (Å²) in [4.78, 5) is 19.7. The quantitative estimate of drug-likeness (QED) is 0.712. The highest BCUT2D eigenvalue weighted by atomic mass is 35.5. The molecule has 3 aromatic rings. The number of carbonyl (C=O) groups is 1. The van der Waals surface area contributed by atoms with Gasteiger partial charge in [-0.2, -0.15) is 0 Å². The van der Waals surface area contributed by atoms with Crippen molar-refractivity contribution in [3.8, 4) is 0 Å². The van der Waals surface area contributed by atoms with E-state index in [4.69, 9.17) is 11.6 Å². The Morgan fingerprint density at radius 3 is 2.74 bits per heavy atom. The topological polar surface area (TPSA) is 45.2 Å². The zero-order chi connectivity index (χ0) is 18.6. The molecule has 1 fully saturated rings. The lowest BCUT2D eigenvalue weighted by Gasteiger charge is -2.28. The number of hydrogen-bond donors (Lipinski definition) is 1. The van der Waals surface area contributed by atoms with Gasteiger partial charge < -0.3 is 5.32 Å². The first kappa shape index (κ1) is 18.0. The van der Waals surface area contributed by atoms with Gasteiger partial charge in [0.05, 0.1) is 17.1 Å². The number of pyridine rings is 1. The standard InChI is InChI=1S/C22H22ClN3O/c23-17-7-5-6-16(14-17)21(26-12-3-4-13-26)15-25-22(27)19-10-11-24-20-9-2-1-8-18(19)20/h1-2,5-11,14,21H,3-4,12-13,15H2,(H,25,27). The van der Waals surface area contributed by atoms with Crippen molar-refractivity contribution in [2.75, 3.05) is 19.6 Å². The van der Waals surface area contributed by atoms with Crippen LogP contribution in [0, 0.1) is 0 Å². The van der Waals surface area contributed by atoms with Crippen molar-refractivity contribution in [2.24, 2.45) is 0 Å². The van der Waals surface area contributed by atoms with Gasteiger partial charge in [-0.3, -0.25) is 14.7 Å². The monoisotopic (exact) mass is 379 g/mol. The van der Waals surface area contributed by atoms with Crippen LogP contribution >= 0.6 is 11.6 Å². The molecule has 2 heterocycles. The average Bonchev–Trinajstić information content (AvgIpc) is 3.22. The fourth-order valence-corrected chi connectivity index (χ4v) is 4.00. The number of carbonyl (C=O) groups excluding carboxylic acids is 1. The van der Waals surface area contributed by atoms with Crippen molar-refractivity contribution in [2.45, 2.75) is 18.9 Å². The summed E-state index contributed by atoms with van der Waals surface area (Å²) in [6.07, 6.45) is 4.08. The van der Waals surface area contributed by atoms with Crippen molar-refractivity contribution in [1.29, 1.82) is 0 Å². The lowest BCUT2D eigenvalue weighted by molar-refractivity contribution is 0.0939. The van der Waals surface area contributed by atoms with Crippen LogP contribution in [0.1, 0.15) is 34.8 Å². The number of para-hydroxylation sites is 1. The summed E-state index contributed by atoms with van der Waals surface area (Å²) in [6.45, 7) is 2.65. The molecule has 1 unspecified atom stereocenters. The third-order valence-corrected chi connectivity index (χ3v) is 5.40. The van der Waals surface area contributed by atoms with Crippen LogP contribution in [0.4, 0.5) is 0 Å². The van der Waals surface area contributed by atoms with Crippen molar-refractivity contribution in [3.63, 3.8) is 0 Å². The van der Waals surface area contributed by atoms with Gasteiger partial charge in [0, 0.05) is 23.2 Å². The second kappa shape index (κ2) is 8.07. The maximum atomic E-state index is 12.9. The van der Waals surface area contributed by atoms with Crippen molar-refractivity contribution >= 4 is 28.4 Å². The number of amides is 1. The molecular formula is C22H22ClN3O. The molecule has 4 nitrogen and oxygen atoms in total. The normalized spacial score (nSPS) is 15.7. The number of fused-ring (bicyclic) bond motifs is 1. The van der Waals surface area contributed by atoms with E-state index in [9.17, 15) is 4.79 Å². The molecule has 1 saturated heterocycles. The van der Waals surface area contributed by atoms with Gasteiger partial charge in [-0.1, -0.05) is 41.9 Å². The average molecular weight is 380 g/mol. The van der Waals surface area contributed by atoms with Crippen LogP contribution in [0.3, 0.4) is 0 Å². The Balaban J connectivity index is 1.56. The molecule has 1 aromatic heterocycles. The minimum Gasteiger partial charge on any atom is -0.350 e. The van der Waals surface area contributed by atoms with Gasteiger partial charge in [0.25, 0.3) is 5.91 Å². The van der Waals surface area contributed by atoms with E-state index < -0.39 is 0 Å². The van der Waals surface area contributed by atoms with Crippen LogP contribution in [-0.2, 0) is 0 Å². The smallest absolute Gasteiger partial charge is 0.252 e. The molecule has 4 rings (SSSR count). The maximum absolute atomic E-state index is 12.9. The third-order valence-electron chi connectivity index (χ3n) is 5.16. The molecule has 5 heteroatoms. The Hall–Kier alpha value is -2.43. The Morgan fingerprint density at radius 1 is 1.11 bits per heavy atom. The molecule has 0 radical (unpaired) electrons. The minimum atomic E-state index is -0.0696. The van der Waals surface area contributed by atoms with E-state index in [0.717, 1.165) is 34.6 Å². The molecule has 27 heavy (non-hydrogen) atoms. The predicted molar refractivity (Wildman–Crippen MR) is 109 cm³/mol. The van der Waals surface area contributed by atoms with Gasteiger partial charge in [-0.05, 0) is 55.8 Å². The summed E-state index contributed by atoms with van der Waals surface area (Å²) in [5, 5.41) is 4.73. The van der Waals surface area contributed by atoms with E-state index in [0.29, 0.717) is 12.1 Å². The Kier molecular flexibility index (Phi) is 5.37. The Bertz CT molecular complexity index is 948. The second-order valence-electron chi connectivity index (χ2n) is 6.90. The number of rotatable bonds is 5. The van der Waals surface area contributed by atoms with E-state index in [1.807, 2.05) is 42.5 Å². The van der Waals surface area contributed by atoms with E-state index in [1.54, 1.807) is 12.3 Å². The summed E-state index contributed by atoms with van der Waals surface area (Å²) in [5.74, 6) is -0.0696. The van der Waals surface area contributed by atoms with E-state index in [1.165, 1.54) is 12.8 Å². The zero-order valence-corrected chi connectivity index (χ0v) is 15.8. The minimum absolute atomic E-state index is 0.0696. The molecule has 0 bridgehead atoms. The molecule has 0 spiro atoms. The Labute approximate surface area is 164 Å². The highest BCUT2D eigenvalue weighted by Gasteiger charge is 2.24. The van der Waals surface area contributed by atoms with Crippen molar-refractivity contribution in [3.05, 3.63) is 76.9 Å². The molecule has 1 aliphatic rings. The highest BCUT2D eigenvalue weighted by Crippen LogP contribution is 2.26. The lowest BCUT2D eigenvalue weighted by atomic mass is 10.0. The van der Waals surface area contributed by atoms with Gasteiger partial charge in [-0.15, -0.1) is 0 Å². The van der Waals surface area contributed by atoms with Gasteiger partial charge >= 0.3 is 0 Å². The highest BCUT2D eigenvalue weighted by molar-refractivity contribution is 6.30. The largest absolute Gasteiger partial charge is 0.350 e. The number of benzene rings is 2. The van der Waals surface area contributed by atoms with E-state index in [2.05, 4.69) is 21.3 Å². The van der Waals surface area contributed by atoms with Crippen LogP contribution in [-0.4, -0.2) is 35.4 Å². The molecule has 1 aliphatic heterocycles. The fraction of sp³-hybridized carbons (Fsp3) is 0.273. The molecule has 1 atom stereocenters. The van der Waals surface area contributed by atoms with Gasteiger partial charge in [-0.25, -0.2) is 0 Å². The molecule has 0 aliphatic carbocycles. The van der Waals surface area contributed by atoms with E-state index >= 15 is 0 Å². The van der Waals surface area contributed by atoms with Crippen LogP contribution in [0.2, 0.25) is 5.02 Å². The Morgan fingerprint density at radius 2 is 1.93 bits per heavy atom. The first-order chi connectivity index (χ1) is 13.2. The van der Waals surface area contributed by atoms with E-state index in [-0.39, 0.29) is 11.9 Å². The number of nitrogens with zero attached hydrogens (tertiary/aromatic N) is 2. The number of hydrogen-bond acceptors (Lipinski definition) is 3. The third kappa shape index (κ3) is 3.97. The summed E-state index contributed by atoms with van der Waals surface area (Å²) in [5.41, 5.74) is 2.63. The van der Waals surface area contributed by atoms with Crippen LogP contribution in [0.5, 0.6) is 0 Å². The molecule has 2 aromatic carbocycles. The first-order valence-electron chi connectivity index (χ1n) is 9.34.